The molecule has 0 N–H and O–H groups in total. The summed E-state index contributed by atoms with van der Waals surface area (Å²) in [5.74, 6) is -0.648. The van der Waals surface area contributed by atoms with Gasteiger partial charge in [0.1, 0.15) is 0 Å². The van der Waals surface area contributed by atoms with Crippen molar-refractivity contribution in [2.45, 2.75) is 0 Å². The smallest absolute Gasteiger partial charge is 0.159 e. The van der Waals surface area contributed by atoms with Gasteiger partial charge in [-0.2, -0.15) is 6.07 Å². The van der Waals surface area contributed by atoms with E-state index >= 15 is 0 Å². The van der Waals surface area contributed by atoms with E-state index in [2.05, 4.69) is 0 Å². The van der Waals surface area contributed by atoms with Gasteiger partial charge in [-0.05, 0) is 0 Å². The van der Waals surface area contributed by atoms with Crippen LogP contribution in [0.4, 0.5) is 13.2 Å². The molecule has 3 heteroatoms. The Kier molecular flexibility index (Phi) is 1.85. The molecular weight excluding hydrogens is 141 g/mol. The molecule has 0 spiro atoms. The molecule has 0 bridgehead atoms. The first-order valence-corrected chi connectivity index (χ1v) is 2.64. The van der Waals surface area contributed by atoms with Gasteiger partial charge in [-0.1, -0.05) is 6.07 Å². The zero-order valence-corrected chi connectivity index (χ0v) is 4.94. The van der Waals surface area contributed by atoms with Gasteiger partial charge in [0.2, 0.25) is 0 Å². The van der Waals surface area contributed by atoms with Crippen molar-refractivity contribution >= 4 is 0 Å². The van der Waals surface area contributed by atoms with Gasteiger partial charge in [-0.25, -0.2) is 4.39 Å². The van der Waals surface area contributed by atoms with E-state index in [9.17, 15) is 13.2 Å². The standard InChI is InChI=1S/C7H4F3/c8-6-3-1-2-5(4-6)7(9)10/h1-4H/q-1. The molecule has 0 aliphatic carbocycles. The van der Waals surface area contributed by atoms with Gasteiger partial charge >= 0.3 is 0 Å². The van der Waals surface area contributed by atoms with Crippen molar-refractivity contribution < 1.29 is 13.2 Å². The van der Waals surface area contributed by atoms with Crippen molar-refractivity contribution in [3.63, 3.8) is 0 Å². The van der Waals surface area contributed by atoms with Crippen LogP contribution in [0.3, 0.4) is 0 Å². The minimum absolute atomic E-state index is 0.361. The maximum atomic E-state index is 12.2. The van der Waals surface area contributed by atoms with Crippen LogP contribution in [0.1, 0.15) is 5.56 Å². The van der Waals surface area contributed by atoms with Crippen LogP contribution in [0.25, 0.3) is 0 Å². The van der Waals surface area contributed by atoms with E-state index in [1.807, 2.05) is 0 Å². The highest BCUT2D eigenvalue weighted by Crippen LogP contribution is 2.17. The third-order valence-corrected chi connectivity index (χ3v) is 1.04. The molecule has 0 fully saturated rings. The lowest BCUT2D eigenvalue weighted by atomic mass is 10.2. The SMILES string of the molecule is Fc1cccc([C-](F)F)c1. The summed E-state index contributed by atoms with van der Waals surface area (Å²) in [7, 11) is 0. The van der Waals surface area contributed by atoms with Gasteiger partial charge in [-0.3, -0.25) is 8.78 Å². The fourth-order valence-electron chi connectivity index (χ4n) is 0.606. The van der Waals surface area contributed by atoms with Crippen molar-refractivity contribution in [2.24, 2.45) is 0 Å². The van der Waals surface area contributed by atoms with Crippen molar-refractivity contribution in [3.05, 3.63) is 42.1 Å². The van der Waals surface area contributed by atoms with Crippen LogP contribution in [-0.4, -0.2) is 0 Å². The number of hydrogen-bond acceptors (Lipinski definition) is 0. The minimum Gasteiger partial charge on any atom is -0.251 e. The molecule has 0 nitrogen and oxygen atoms in total. The fraction of sp³-hybridized carbons (Fsp3) is 0. The summed E-state index contributed by atoms with van der Waals surface area (Å²) in [5.41, 5.74) is -0.361. The Morgan fingerprint density at radius 3 is 2.30 bits per heavy atom. The summed E-state index contributed by atoms with van der Waals surface area (Å²) < 4.78 is 35.6. The topological polar surface area (TPSA) is 0 Å². The zero-order chi connectivity index (χ0) is 7.56. The van der Waals surface area contributed by atoms with Crippen LogP contribution in [0.15, 0.2) is 24.3 Å². The number of benzene rings is 1. The van der Waals surface area contributed by atoms with Crippen molar-refractivity contribution in [1.82, 2.24) is 0 Å². The lowest BCUT2D eigenvalue weighted by Crippen LogP contribution is -1.84. The molecule has 0 aliphatic heterocycles. The van der Waals surface area contributed by atoms with E-state index in [1.165, 1.54) is 6.07 Å². The van der Waals surface area contributed by atoms with E-state index in [0.717, 1.165) is 18.2 Å². The van der Waals surface area contributed by atoms with Crippen LogP contribution in [0, 0.1) is 12.2 Å². The van der Waals surface area contributed by atoms with Crippen molar-refractivity contribution in [2.75, 3.05) is 0 Å². The molecule has 1 aromatic rings. The van der Waals surface area contributed by atoms with E-state index in [1.54, 1.807) is 0 Å². The maximum absolute atomic E-state index is 12.2. The molecule has 0 amide bonds. The summed E-state index contributed by atoms with van der Waals surface area (Å²) in [5, 5.41) is 0. The molecule has 0 unspecified atom stereocenters. The average molecular weight is 145 g/mol. The van der Waals surface area contributed by atoms with Crippen LogP contribution in [0.5, 0.6) is 0 Å². The van der Waals surface area contributed by atoms with Crippen LogP contribution in [0.2, 0.25) is 0 Å². The Balaban J connectivity index is 2.96. The Morgan fingerprint density at radius 2 is 1.90 bits per heavy atom. The molecule has 0 saturated heterocycles. The van der Waals surface area contributed by atoms with Gasteiger partial charge in [0.15, 0.2) is 6.43 Å². The van der Waals surface area contributed by atoms with Crippen molar-refractivity contribution in [3.8, 4) is 0 Å². The number of hydrogen-bond donors (Lipinski definition) is 0. The first-order valence-electron chi connectivity index (χ1n) is 2.64. The second-order valence-corrected chi connectivity index (χ2v) is 1.77. The monoisotopic (exact) mass is 145 g/mol. The maximum Gasteiger partial charge on any atom is 0.159 e. The molecule has 10 heavy (non-hydrogen) atoms. The number of halogens is 3. The summed E-state index contributed by atoms with van der Waals surface area (Å²) in [6, 6.07) is 4.30. The largest absolute Gasteiger partial charge is 0.251 e. The molecule has 0 heterocycles. The molecule has 0 aliphatic rings. The first kappa shape index (κ1) is 6.99. The lowest BCUT2D eigenvalue weighted by molar-refractivity contribution is 0.324. The second-order valence-electron chi connectivity index (χ2n) is 1.77. The zero-order valence-electron chi connectivity index (χ0n) is 4.94. The molecule has 0 atom stereocenters. The fourth-order valence-corrected chi connectivity index (χ4v) is 0.606. The van der Waals surface area contributed by atoms with E-state index < -0.39 is 12.2 Å². The van der Waals surface area contributed by atoms with Crippen LogP contribution >= 0.6 is 0 Å². The molecule has 0 aromatic heterocycles. The molecule has 54 valence electrons. The van der Waals surface area contributed by atoms with Gasteiger partial charge in [0.25, 0.3) is 0 Å². The normalized spacial score (nSPS) is 9.50. The minimum atomic E-state index is -1.86. The summed E-state index contributed by atoms with van der Waals surface area (Å²) in [6.07, 6.45) is -1.86. The lowest BCUT2D eigenvalue weighted by Gasteiger charge is -2.05. The molecule has 1 aromatic carbocycles. The van der Waals surface area contributed by atoms with Gasteiger partial charge in [0.05, 0.1) is 5.82 Å². The average Bonchev–Trinajstić information content (AvgIpc) is 1.88. The van der Waals surface area contributed by atoms with E-state index in [-0.39, 0.29) is 5.56 Å². The molecular formula is C7H4F3-. The highest BCUT2D eigenvalue weighted by Gasteiger charge is 1.95. The van der Waals surface area contributed by atoms with Crippen molar-refractivity contribution in [1.29, 1.82) is 0 Å². The van der Waals surface area contributed by atoms with Crippen LogP contribution < -0.4 is 0 Å². The third kappa shape index (κ3) is 1.43. The molecule has 1 rings (SSSR count). The summed E-state index contributed by atoms with van der Waals surface area (Å²) in [4.78, 5) is 0. The van der Waals surface area contributed by atoms with E-state index in [4.69, 9.17) is 0 Å². The predicted octanol–water partition coefficient (Wildman–Crippen LogP) is 2.60. The third-order valence-electron chi connectivity index (χ3n) is 1.04. The highest BCUT2D eigenvalue weighted by atomic mass is 19.3. The Morgan fingerprint density at radius 1 is 1.20 bits per heavy atom. The van der Waals surface area contributed by atoms with Gasteiger partial charge < -0.3 is 0 Å². The summed E-state index contributed by atoms with van der Waals surface area (Å²) >= 11 is 0. The quantitative estimate of drug-likeness (QED) is 0.533. The molecule has 0 radical (unpaired) electrons. The predicted molar refractivity (Wildman–Crippen MR) is 31.0 cm³/mol. The summed E-state index contributed by atoms with van der Waals surface area (Å²) in [6.45, 7) is 0. The Labute approximate surface area is 56.3 Å². The highest BCUT2D eigenvalue weighted by molar-refractivity contribution is 5.23. The number of rotatable bonds is 1. The Bertz CT molecular complexity index is 220. The molecule has 0 saturated carbocycles. The second kappa shape index (κ2) is 2.64. The van der Waals surface area contributed by atoms with Crippen LogP contribution in [-0.2, 0) is 0 Å². The van der Waals surface area contributed by atoms with E-state index in [0.29, 0.717) is 0 Å². The Hall–Kier alpha value is -1.12. The first-order chi connectivity index (χ1) is 4.70. The van der Waals surface area contributed by atoms with Gasteiger partial charge in [0, 0.05) is 0 Å². The van der Waals surface area contributed by atoms with Gasteiger partial charge in [-0.15, -0.1) is 17.7 Å².